The van der Waals surface area contributed by atoms with Crippen molar-refractivity contribution in [2.24, 2.45) is 29.1 Å². The van der Waals surface area contributed by atoms with Gasteiger partial charge in [0, 0.05) is 55.0 Å². The summed E-state index contributed by atoms with van der Waals surface area (Å²) in [6, 6.07) is 9.89. The van der Waals surface area contributed by atoms with E-state index < -0.39 is 45.9 Å². The van der Waals surface area contributed by atoms with Crippen LogP contribution < -0.4 is 20.3 Å². The number of hydrogen-bond acceptors (Lipinski definition) is 10. The number of carbonyl (C=O) groups is 2. The van der Waals surface area contributed by atoms with Crippen LogP contribution in [0.1, 0.15) is 56.5 Å². The van der Waals surface area contributed by atoms with Crippen molar-refractivity contribution < 1.29 is 42.3 Å². The molecule has 3 aliphatic carbocycles. The van der Waals surface area contributed by atoms with E-state index in [2.05, 4.69) is 31.4 Å². The molecule has 2 bridgehead atoms. The van der Waals surface area contributed by atoms with Gasteiger partial charge in [-0.25, -0.2) is 0 Å². The normalized spacial score (nSPS) is 28.0. The first-order valence-corrected chi connectivity index (χ1v) is 18.8. The number of anilines is 1. The quantitative estimate of drug-likeness (QED) is 0.193. The molecule has 1 saturated heterocycles. The van der Waals surface area contributed by atoms with Crippen LogP contribution in [-0.2, 0) is 26.3 Å². The Morgan fingerprint density at radius 1 is 1.18 bits per heavy atom. The molecule has 0 spiro atoms. The fourth-order valence-corrected chi connectivity index (χ4v) is 8.74. The Balaban J connectivity index is 1.44. The van der Waals surface area contributed by atoms with Gasteiger partial charge in [0.25, 0.3) is 16.0 Å². The molecule has 4 fully saturated rings. The van der Waals surface area contributed by atoms with E-state index in [1.165, 1.54) is 18.6 Å². The molecule has 6 rings (SSSR count). The number of hydrogen-bond donors (Lipinski definition) is 5. The summed E-state index contributed by atoms with van der Waals surface area (Å²) in [7, 11) is 0.948. The zero-order valence-electron chi connectivity index (χ0n) is 29.9. The third kappa shape index (κ3) is 7.65. The molecule has 3 saturated carbocycles. The number of ether oxygens (including phenoxy) is 1. The predicted octanol–water partition coefficient (Wildman–Crippen LogP) is 2.71. The molecule has 2 aromatic carbocycles. The molecule has 1 aliphatic heterocycles. The van der Waals surface area contributed by atoms with Gasteiger partial charge in [0.15, 0.2) is 0 Å². The summed E-state index contributed by atoms with van der Waals surface area (Å²) in [6.07, 6.45) is 0.341. The van der Waals surface area contributed by atoms with E-state index >= 15 is 0 Å². The van der Waals surface area contributed by atoms with Gasteiger partial charge in [-0.05, 0) is 66.7 Å². The van der Waals surface area contributed by atoms with Gasteiger partial charge < -0.3 is 30.5 Å². The Hall–Kier alpha value is -3.27. The molecule has 276 valence electrons. The van der Waals surface area contributed by atoms with Crippen LogP contribution in [0.25, 0.3) is 11.1 Å². The van der Waals surface area contributed by atoms with Crippen molar-refractivity contribution in [3.63, 3.8) is 0 Å². The molecule has 5 N–H and O–H groups in total. The first-order chi connectivity index (χ1) is 23.5. The SMILES string of the molecule is COc1c(CN2O[C@@H](CO)[C@@H]([C@H](C)O)C2C(=O)N[C@H]2C[C@H]3C[C@@H]([C@@H]2C)C3(C)C)cccc1-c1cc(C(=O)NCCS(=O)(=O)O)cc(N(C)C)c1. The smallest absolute Gasteiger partial charge is 0.266 e. The van der Waals surface area contributed by atoms with Crippen LogP contribution in [0, 0.1) is 29.1 Å². The average molecular weight is 717 g/mol. The van der Waals surface area contributed by atoms with Gasteiger partial charge in [-0.1, -0.05) is 39.0 Å². The molecule has 14 heteroatoms. The van der Waals surface area contributed by atoms with E-state index in [-0.39, 0.29) is 42.6 Å². The zero-order valence-corrected chi connectivity index (χ0v) is 30.7. The van der Waals surface area contributed by atoms with Crippen LogP contribution in [0.2, 0.25) is 0 Å². The summed E-state index contributed by atoms with van der Waals surface area (Å²) < 4.78 is 37.3. The second-order valence-corrected chi connectivity index (χ2v) is 16.5. The van der Waals surface area contributed by atoms with Crippen LogP contribution in [0.5, 0.6) is 5.75 Å². The molecular weight excluding hydrogens is 664 g/mol. The van der Waals surface area contributed by atoms with Crippen LogP contribution >= 0.6 is 0 Å². The Labute approximate surface area is 295 Å². The Morgan fingerprint density at radius 2 is 1.90 bits per heavy atom. The molecule has 0 aromatic heterocycles. The molecule has 8 atom stereocenters. The number of carbonyl (C=O) groups excluding carboxylic acids is 2. The highest BCUT2D eigenvalue weighted by atomic mass is 32.2. The number of nitrogens with one attached hydrogen (secondary N) is 2. The maximum atomic E-state index is 14.1. The molecule has 2 amide bonds. The summed E-state index contributed by atoms with van der Waals surface area (Å²) in [4.78, 5) is 35.2. The lowest BCUT2D eigenvalue weighted by atomic mass is 9.45. The second kappa shape index (κ2) is 14.8. The lowest BCUT2D eigenvalue weighted by molar-refractivity contribution is -0.183. The summed E-state index contributed by atoms with van der Waals surface area (Å²) >= 11 is 0. The van der Waals surface area contributed by atoms with E-state index in [9.17, 15) is 28.2 Å². The minimum Gasteiger partial charge on any atom is -0.496 e. The van der Waals surface area contributed by atoms with Crippen molar-refractivity contribution in [3.05, 3.63) is 47.5 Å². The van der Waals surface area contributed by atoms with Gasteiger partial charge in [-0.3, -0.25) is 19.0 Å². The van der Waals surface area contributed by atoms with Crippen molar-refractivity contribution in [2.45, 2.75) is 71.4 Å². The Morgan fingerprint density at radius 3 is 2.48 bits per heavy atom. The highest BCUT2D eigenvalue weighted by molar-refractivity contribution is 7.85. The van der Waals surface area contributed by atoms with Crippen LogP contribution in [-0.4, -0.2) is 104 Å². The first-order valence-electron chi connectivity index (χ1n) is 17.2. The number of hydroxylamine groups is 2. The molecule has 1 unspecified atom stereocenters. The maximum absolute atomic E-state index is 14.1. The lowest BCUT2D eigenvalue weighted by Gasteiger charge is -2.62. The number of aliphatic hydroxyl groups excluding tert-OH is 2. The van der Waals surface area contributed by atoms with E-state index in [0.29, 0.717) is 45.9 Å². The van der Waals surface area contributed by atoms with Gasteiger partial charge in [0.1, 0.15) is 17.9 Å². The molecule has 13 nitrogen and oxygen atoms in total. The molecular formula is C36H52N4O9S. The molecule has 1 heterocycles. The zero-order chi connectivity index (χ0) is 36.7. The maximum Gasteiger partial charge on any atom is 0.266 e. The summed E-state index contributed by atoms with van der Waals surface area (Å²) in [5, 5.41) is 28.5. The van der Waals surface area contributed by atoms with Gasteiger partial charge >= 0.3 is 0 Å². The number of amides is 2. The van der Waals surface area contributed by atoms with E-state index in [4.69, 9.17) is 14.1 Å². The highest BCUT2D eigenvalue weighted by Gasteiger charge is 2.57. The van der Waals surface area contributed by atoms with Crippen molar-refractivity contribution in [3.8, 4) is 16.9 Å². The minimum atomic E-state index is -4.24. The number of rotatable bonds is 13. The van der Waals surface area contributed by atoms with Gasteiger partial charge in [0.2, 0.25) is 5.91 Å². The predicted molar refractivity (Wildman–Crippen MR) is 189 cm³/mol. The summed E-state index contributed by atoms with van der Waals surface area (Å²) in [5.41, 5.74) is 3.22. The Kier molecular flexibility index (Phi) is 11.2. The largest absolute Gasteiger partial charge is 0.496 e. The fraction of sp³-hybridized carbons (Fsp3) is 0.611. The fourth-order valence-electron chi connectivity index (χ4n) is 8.38. The number of benzene rings is 2. The minimum absolute atomic E-state index is 0.00484. The van der Waals surface area contributed by atoms with Crippen molar-refractivity contribution >= 4 is 27.6 Å². The number of aliphatic hydroxyl groups is 2. The van der Waals surface area contributed by atoms with Gasteiger partial charge in [-0.15, -0.1) is 0 Å². The van der Waals surface area contributed by atoms with Crippen LogP contribution in [0.3, 0.4) is 0 Å². The number of para-hydroxylation sites is 1. The summed E-state index contributed by atoms with van der Waals surface area (Å²) in [5.74, 6) is -0.200. The van der Waals surface area contributed by atoms with Crippen molar-refractivity contribution in [1.82, 2.24) is 15.7 Å². The number of methoxy groups -OCH3 is 1. The Bertz CT molecular complexity index is 1680. The van der Waals surface area contributed by atoms with E-state index in [1.54, 1.807) is 19.1 Å². The monoisotopic (exact) mass is 716 g/mol. The number of fused-ring (bicyclic) bond motifs is 2. The van der Waals surface area contributed by atoms with E-state index in [1.807, 2.05) is 43.3 Å². The van der Waals surface area contributed by atoms with Gasteiger partial charge in [-0.2, -0.15) is 13.5 Å². The standard InChI is InChI=1S/C36H52N4O9S/c1-20-28-16-25(36(28,3)4)17-29(20)38-35(44)32-31(21(2)42)30(19-41)49-40(32)18-22-9-8-10-27(33(22)48-7)23-13-24(15-26(14-23)39(5)6)34(43)37-11-12-50(45,46)47/h8-10,13-15,20-21,25,28-32,41-42H,11-12,16-19H2,1-7H3,(H,37,43)(H,38,44)(H,45,46,47)/t20-,21-,25+,28-,29-,30-,31+,32?/m0/s1. The van der Waals surface area contributed by atoms with Crippen LogP contribution in [0.4, 0.5) is 5.69 Å². The lowest BCUT2D eigenvalue weighted by Crippen LogP contribution is -2.62. The molecule has 2 aromatic rings. The molecule has 0 radical (unpaired) electrons. The van der Waals surface area contributed by atoms with Gasteiger partial charge in [0.05, 0.1) is 32.1 Å². The third-order valence-electron chi connectivity index (χ3n) is 11.3. The van der Waals surface area contributed by atoms with E-state index in [0.717, 1.165) is 6.42 Å². The topological polar surface area (TPSA) is 178 Å². The first kappa shape index (κ1) is 38.0. The molecule has 4 aliphatic rings. The highest BCUT2D eigenvalue weighted by Crippen LogP contribution is 2.61. The third-order valence-corrected chi connectivity index (χ3v) is 12.1. The average Bonchev–Trinajstić information content (AvgIpc) is 3.43. The summed E-state index contributed by atoms with van der Waals surface area (Å²) in [6.45, 7) is 7.89. The van der Waals surface area contributed by atoms with Crippen LogP contribution in [0.15, 0.2) is 36.4 Å². The molecule has 50 heavy (non-hydrogen) atoms. The van der Waals surface area contributed by atoms with Crippen molar-refractivity contribution in [1.29, 1.82) is 0 Å². The second-order valence-electron chi connectivity index (χ2n) is 14.9. The number of nitrogens with zero attached hydrogens (tertiary/aromatic N) is 2. The van der Waals surface area contributed by atoms with Crippen molar-refractivity contribution in [2.75, 3.05) is 45.0 Å².